The Kier molecular flexibility index (Phi) is 6.26. The first-order valence-corrected chi connectivity index (χ1v) is 8.20. The van der Waals surface area contributed by atoms with E-state index in [0.717, 1.165) is 0 Å². The molecule has 0 unspecified atom stereocenters. The second-order valence-corrected chi connectivity index (χ2v) is 6.55. The highest BCUT2D eigenvalue weighted by Crippen LogP contribution is 2.20. The van der Waals surface area contributed by atoms with Gasteiger partial charge in [0.1, 0.15) is 22.7 Å². The molecule has 0 fully saturated rings. The van der Waals surface area contributed by atoms with Crippen LogP contribution in [0.2, 0.25) is 0 Å². The van der Waals surface area contributed by atoms with Crippen LogP contribution in [0.1, 0.15) is 37.7 Å². The first-order valence-electron chi connectivity index (χ1n) is 8.20. The topological polar surface area (TPSA) is 108 Å². The van der Waals surface area contributed by atoms with Gasteiger partial charge in [-0.05, 0) is 39.3 Å². The zero-order valence-electron chi connectivity index (χ0n) is 15.4. The summed E-state index contributed by atoms with van der Waals surface area (Å²) in [4.78, 5) is 26.8. The van der Waals surface area contributed by atoms with Crippen molar-refractivity contribution in [3.63, 3.8) is 0 Å². The van der Waals surface area contributed by atoms with Gasteiger partial charge in [0.15, 0.2) is 6.29 Å². The summed E-state index contributed by atoms with van der Waals surface area (Å²) in [6, 6.07) is 3.38. The minimum absolute atomic E-state index is 0.209. The number of aldehydes is 1. The van der Waals surface area contributed by atoms with Gasteiger partial charge in [-0.3, -0.25) is 9.48 Å². The summed E-state index contributed by atoms with van der Waals surface area (Å²) >= 11 is 0. The van der Waals surface area contributed by atoms with Crippen LogP contribution in [0.5, 0.6) is 5.75 Å². The Morgan fingerprint density at radius 1 is 1.31 bits per heavy atom. The molecular formula is C17H23N5O4. The molecule has 0 spiro atoms. The minimum atomic E-state index is -0.517. The maximum absolute atomic E-state index is 11.6. The second kappa shape index (κ2) is 8.41. The van der Waals surface area contributed by atoms with E-state index in [1.54, 1.807) is 23.0 Å². The largest absolute Gasteiger partial charge is 0.494 e. The molecule has 0 aromatic carbocycles. The van der Waals surface area contributed by atoms with Gasteiger partial charge in [-0.15, -0.1) is 5.10 Å². The third-order valence-electron chi connectivity index (χ3n) is 3.25. The van der Waals surface area contributed by atoms with Gasteiger partial charge in [-0.25, -0.2) is 9.78 Å². The normalized spacial score (nSPS) is 11.1. The lowest BCUT2D eigenvalue weighted by atomic mass is 10.2. The molecule has 0 bridgehead atoms. The van der Waals surface area contributed by atoms with Gasteiger partial charge in [0, 0.05) is 13.1 Å². The Hall–Kier alpha value is -2.97. The minimum Gasteiger partial charge on any atom is -0.494 e. The molecule has 0 saturated carbocycles. The van der Waals surface area contributed by atoms with E-state index in [1.807, 2.05) is 20.8 Å². The Morgan fingerprint density at radius 2 is 2.08 bits per heavy atom. The molecule has 0 aliphatic carbocycles. The van der Waals surface area contributed by atoms with Crippen LogP contribution in [-0.2, 0) is 11.3 Å². The van der Waals surface area contributed by atoms with E-state index >= 15 is 0 Å². The van der Waals surface area contributed by atoms with Gasteiger partial charge < -0.3 is 14.8 Å². The van der Waals surface area contributed by atoms with Crippen molar-refractivity contribution < 1.29 is 19.1 Å². The van der Waals surface area contributed by atoms with Gasteiger partial charge in [0.2, 0.25) is 0 Å². The van der Waals surface area contributed by atoms with Crippen molar-refractivity contribution in [2.24, 2.45) is 0 Å². The SMILES string of the molecule is COc1ccc(-c2cn(CCCNC(=O)OC(C)(C)C)nn2)nc1C=O. The number of amides is 1. The Morgan fingerprint density at radius 3 is 2.73 bits per heavy atom. The third-order valence-corrected chi connectivity index (χ3v) is 3.25. The molecule has 9 nitrogen and oxygen atoms in total. The predicted octanol–water partition coefficient (Wildman–Crippen LogP) is 2.08. The fraction of sp³-hybridized carbons (Fsp3) is 0.471. The van der Waals surface area contributed by atoms with Crippen molar-refractivity contribution in [3.05, 3.63) is 24.0 Å². The van der Waals surface area contributed by atoms with Gasteiger partial charge in [0.05, 0.1) is 19.0 Å². The summed E-state index contributed by atoms with van der Waals surface area (Å²) in [7, 11) is 1.48. The molecule has 2 rings (SSSR count). The van der Waals surface area contributed by atoms with E-state index in [9.17, 15) is 9.59 Å². The van der Waals surface area contributed by atoms with Gasteiger partial charge in [-0.2, -0.15) is 0 Å². The third kappa shape index (κ3) is 5.54. The first kappa shape index (κ1) is 19.4. The maximum Gasteiger partial charge on any atom is 0.407 e. The Balaban J connectivity index is 1.88. The number of hydrogen-bond acceptors (Lipinski definition) is 7. The smallest absolute Gasteiger partial charge is 0.407 e. The van der Waals surface area contributed by atoms with Crippen molar-refractivity contribution >= 4 is 12.4 Å². The molecule has 26 heavy (non-hydrogen) atoms. The van der Waals surface area contributed by atoms with Crippen molar-refractivity contribution in [1.82, 2.24) is 25.3 Å². The highest BCUT2D eigenvalue weighted by molar-refractivity contribution is 5.77. The summed E-state index contributed by atoms with van der Waals surface area (Å²) in [5.74, 6) is 0.407. The van der Waals surface area contributed by atoms with Crippen molar-refractivity contribution in [2.45, 2.75) is 39.3 Å². The van der Waals surface area contributed by atoms with E-state index in [2.05, 4.69) is 20.6 Å². The first-order chi connectivity index (χ1) is 12.3. The molecule has 2 heterocycles. The Labute approximate surface area is 151 Å². The van der Waals surface area contributed by atoms with Crippen molar-refractivity contribution in [3.8, 4) is 17.1 Å². The fourth-order valence-electron chi connectivity index (χ4n) is 2.13. The number of rotatable bonds is 7. The number of nitrogens with one attached hydrogen (secondary N) is 1. The molecule has 2 aromatic rings. The van der Waals surface area contributed by atoms with Gasteiger partial charge >= 0.3 is 6.09 Å². The van der Waals surface area contributed by atoms with E-state index < -0.39 is 11.7 Å². The van der Waals surface area contributed by atoms with Crippen molar-refractivity contribution in [2.75, 3.05) is 13.7 Å². The molecule has 1 amide bonds. The fourth-order valence-corrected chi connectivity index (χ4v) is 2.13. The van der Waals surface area contributed by atoms with E-state index in [0.29, 0.717) is 42.9 Å². The van der Waals surface area contributed by atoms with E-state index in [-0.39, 0.29) is 5.69 Å². The summed E-state index contributed by atoms with van der Waals surface area (Å²) in [5, 5.41) is 10.8. The monoisotopic (exact) mass is 361 g/mol. The number of methoxy groups -OCH3 is 1. The van der Waals surface area contributed by atoms with Crippen LogP contribution in [0.25, 0.3) is 11.4 Å². The maximum atomic E-state index is 11.6. The molecule has 0 radical (unpaired) electrons. The average molecular weight is 361 g/mol. The lowest BCUT2D eigenvalue weighted by molar-refractivity contribution is 0.0526. The zero-order valence-corrected chi connectivity index (χ0v) is 15.4. The standard InChI is InChI=1S/C17H23N5O4/c1-17(2,3)26-16(24)18-8-5-9-22-10-13(20-21-22)12-6-7-15(25-4)14(11-23)19-12/h6-7,10-11H,5,8-9H2,1-4H3,(H,18,24). The lowest BCUT2D eigenvalue weighted by Gasteiger charge is -2.19. The molecule has 140 valence electrons. The number of ether oxygens (including phenoxy) is 2. The molecule has 0 aliphatic rings. The number of carbonyl (C=O) groups is 2. The molecule has 0 atom stereocenters. The number of carbonyl (C=O) groups excluding carboxylic acids is 2. The second-order valence-electron chi connectivity index (χ2n) is 6.55. The van der Waals surface area contributed by atoms with Crippen molar-refractivity contribution in [1.29, 1.82) is 0 Å². The van der Waals surface area contributed by atoms with Crippen LogP contribution in [0.3, 0.4) is 0 Å². The summed E-state index contributed by atoms with van der Waals surface area (Å²) in [5.41, 5.74) is 0.777. The number of hydrogen-bond donors (Lipinski definition) is 1. The summed E-state index contributed by atoms with van der Waals surface area (Å²) in [6.45, 7) is 6.46. The van der Waals surface area contributed by atoms with Crippen LogP contribution >= 0.6 is 0 Å². The number of aromatic nitrogens is 4. The summed E-state index contributed by atoms with van der Waals surface area (Å²) in [6.07, 6.45) is 2.59. The molecule has 2 aromatic heterocycles. The van der Waals surface area contributed by atoms with E-state index in [4.69, 9.17) is 9.47 Å². The zero-order chi connectivity index (χ0) is 19.2. The van der Waals surface area contributed by atoms with Crippen LogP contribution in [0, 0.1) is 0 Å². The molecular weight excluding hydrogens is 338 g/mol. The molecule has 0 saturated heterocycles. The number of pyridine rings is 1. The number of nitrogens with zero attached hydrogens (tertiary/aromatic N) is 4. The Bertz CT molecular complexity index is 767. The van der Waals surface area contributed by atoms with Gasteiger partial charge in [0.25, 0.3) is 0 Å². The number of alkyl carbamates (subject to hydrolysis) is 1. The molecule has 1 N–H and O–H groups in total. The summed E-state index contributed by atoms with van der Waals surface area (Å²) < 4.78 is 11.9. The lowest BCUT2D eigenvalue weighted by Crippen LogP contribution is -2.33. The van der Waals surface area contributed by atoms with E-state index in [1.165, 1.54) is 7.11 Å². The average Bonchev–Trinajstić information content (AvgIpc) is 3.05. The van der Waals surface area contributed by atoms with Crippen LogP contribution < -0.4 is 10.1 Å². The molecule has 9 heteroatoms. The predicted molar refractivity (Wildman–Crippen MR) is 94.0 cm³/mol. The van der Waals surface area contributed by atoms with Gasteiger partial charge in [-0.1, -0.05) is 5.21 Å². The number of aryl methyl sites for hydroxylation is 1. The van der Waals surface area contributed by atoms with Crippen LogP contribution in [0.4, 0.5) is 4.79 Å². The highest BCUT2D eigenvalue weighted by Gasteiger charge is 2.15. The quantitative estimate of drug-likeness (QED) is 0.594. The van der Waals surface area contributed by atoms with Crippen LogP contribution in [0.15, 0.2) is 18.3 Å². The highest BCUT2D eigenvalue weighted by atomic mass is 16.6. The molecule has 0 aliphatic heterocycles. The van der Waals surface area contributed by atoms with Crippen LogP contribution in [-0.4, -0.2) is 51.6 Å².